The Morgan fingerprint density at radius 3 is 2.46 bits per heavy atom. The van der Waals surface area contributed by atoms with Crippen LogP contribution < -0.4 is 0 Å². The van der Waals surface area contributed by atoms with Gasteiger partial charge in [0.25, 0.3) is 0 Å². The van der Waals surface area contributed by atoms with E-state index in [4.69, 9.17) is 0 Å². The Kier molecular flexibility index (Phi) is 3.44. The third-order valence-electron chi connectivity index (χ3n) is 1.95. The normalized spacial score (nSPS) is 13.1. The van der Waals surface area contributed by atoms with E-state index in [-0.39, 0.29) is 11.7 Å². The maximum absolute atomic E-state index is 11.7. The number of Topliss-reactive ketones (excluding diaryl/α,β-unsaturated/α-hetero) is 1. The van der Waals surface area contributed by atoms with Crippen molar-refractivity contribution in [3.8, 4) is 0 Å². The first-order valence-electron chi connectivity index (χ1n) is 4.47. The summed E-state index contributed by atoms with van der Waals surface area (Å²) in [6.45, 7) is 3.84. The molecule has 0 bridgehead atoms. The Morgan fingerprint density at radius 1 is 1.31 bits per heavy atom. The second-order valence-corrected chi connectivity index (χ2v) is 3.04. The summed E-state index contributed by atoms with van der Waals surface area (Å²) in [5, 5.41) is 0. The van der Waals surface area contributed by atoms with Crippen molar-refractivity contribution in [2.24, 2.45) is 5.92 Å². The fraction of sp³-hybridized carbons (Fsp3) is 0.250. The molecule has 1 aromatic carbocycles. The van der Waals surface area contributed by atoms with E-state index in [1.165, 1.54) is 0 Å². The van der Waals surface area contributed by atoms with Gasteiger partial charge in [0, 0.05) is 11.5 Å². The summed E-state index contributed by atoms with van der Waals surface area (Å²) in [4.78, 5) is 11.7. The van der Waals surface area contributed by atoms with E-state index in [0.717, 1.165) is 5.56 Å². The molecule has 0 aliphatic rings. The SMILES string of the molecule is C/C=C\C(C)C(=O)c1ccccc1. The van der Waals surface area contributed by atoms with Crippen molar-refractivity contribution >= 4 is 5.78 Å². The van der Waals surface area contributed by atoms with Crippen LogP contribution in [0.1, 0.15) is 24.2 Å². The molecule has 0 aromatic heterocycles. The largest absolute Gasteiger partial charge is 0.294 e. The molecule has 0 heterocycles. The van der Waals surface area contributed by atoms with Gasteiger partial charge in [-0.1, -0.05) is 49.4 Å². The molecular formula is C12H14O. The molecule has 0 amide bonds. The molecule has 0 saturated heterocycles. The molecule has 0 spiro atoms. The van der Waals surface area contributed by atoms with Crippen LogP contribution in [0.2, 0.25) is 0 Å². The topological polar surface area (TPSA) is 17.1 Å². The number of carbonyl (C=O) groups excluding carboxylic acids is 1. The second kappa shape index (κ2) is 4.61. The quantitative estimate of drug-likeness (QED) is 0.508. The molecule has 0 N–H and O–H groups in total. The highest BCUT2D eigenvalue weighted by Gasteiger charge is 2.10. The van der Waals surface area contributed by atoms with Gasteiger partial charge in [-0.05, 0) is 6.92 Å². The van der Waals surface area contributed by atoms with E-state index in [0.29, 0.717) is 0 Å². The number of ketones is 1. The number of allylic oxidation sites excluding steroid dienone is 2. The van der Waals surface area contributed by atoms with Crippen molar-refractivity contribution in [2.45, 2.75) is 13.8 Å². The summed E-state index contributed by atoms with van der Waals surface area (Å²) in [7, 11) is 0. The number of carbonyl (C=O) groups is 1. The molecular weight excluding hydrogens is 160 g/mol. The second-order valence-electron chi connectivity index (χ2n) is 3.04. The van der Waals surface area contributed by atoms with Crippen LogP contribution >= 0.6 is 0 Å². The molecule has 1 atom stereocenters. The summed E-state index contributed by atoms with van der Waals surface area (Å²) in [5.41, 5.74) is 0.785. The molecule has 0 aliphatic heterocycles. The van der Waals surface area contributed by atoms with Crippen LogP contribution in [0.4, 0.5) is 0 Å². The highest BCUT2D eigenvalue weighted by Crippen LogP contribution is 2.09. The van der Waals surface area contributed by atoms with Crippen LogP contribution in [0.3, 0.4) is 0 Å². The zero-order valence-electron chi connectivity index (χ0n) is 8.03. The fourth-order valence-electron chi connectivity index (χ4n) is 1.24. The van der Waals surface area contributed by atoms with Crippen LogP contribution in [-0.4, -0.2) is 5.78 Å². The summed E-state index contributed by atoms with van der Waals surface area (Å²) in [5.74, 6) is 0.158. The van der Waals surface area contributed by atoms with Gasteiger partial charge >= 0.3 is 0 Å². The summed E-state index contributed by atoms with van der Waals surface area (Å²) >= 11 is 0. The van der Waals surface area contributed by atoms with E-state index in [2.05, 4.69) is 0 Å². The Bertz CT molecular complexity index is 298. The minimum absolute atomic E-state index is 0.0209. The van der Waals surface area contributed by atoms with Crippen LogP contribution in [-0.2, 0) is 0 Å². The lowest BCUT2D eigenvalue weighted by molar-refractivity contribution is 0.0953. The van der Waals surface area contributed by atoms with Gasteiger partial charge in [0.15, 0.2) is 5.78 Å². The Morgan fingerprint density at radius 2 is 1.92 bits per heavy atom. The molecule has 0 saturated carbocycles. The molecule has 1 heteroatoms. The van der Waals surface area contributed by atoms with E-state index < -0.39 is 0 Å². The zero-order valence-corrected chi connectivity index (χ0v) is 8.03. The van der Waals surface area contributed by atoms with Gasteiger partial charge in [-0.15, -0.1) is 0 Å². The van der Waals surface area contributed by atoms with Gasteiger partial charge in [0.1, 0.15) is 0 Å². The van der Waals surface area contributed by atoms with Crippen LogP contribution in [0.25, 0.3) is 0 Å². The van der Waals surface area contributed by atoms with Crippen LogP contribution in [0, 0.1) is 5.92 Å². The first-order valence-corrected chi connectivity index (χ1v) is 4.47. The molecule has 0 aliphatic carbocycles. The Balaban J connectivity index is 2.80. The van der Waals surface area contributed by atoms with Gasteiger partial charge in [-0.2, -0.15) is 0 Å². The average Bonchev–Trinajstić information content (AvgIpc) is 2.18. The van der Waals surface area contributed by atoms with Crippen molar-refractivity contribution in [3.05, 3.63) is 48.0 Å². The summed E-state index contributed by atoms with van der Waals surface area (Å²) in [6, 6.07) is 9.38. The number of benzene rings is 1. The minimum atomic E-state index is -0.0209. The molecule has 1 rings (SSSR count). The maximum Gasteiger partial charge on any atom is 0.169 e. The maximum atomic E-state index is 11.7. The van der Waals surface area contributed by atoms with Crippen molar-refractivity contribution in [3.63, 3.8) is 0 Å². The predicted molar refractivity (Wildman–Crippen MR) is 54.8 cm³/mol. The lowest BCUT2D eigenvalue weighted by atomic mass is 9.99. The molecule has 1 unspecified atom stereocenters. The van der Waals surface area contributed by atoms with E-state index in [9.17, 15) is 4.79 Å². The number of hydrogen-bond acceptors (Lipinski definition) is 1. The molecule has 1 aromatic rings. The third kappa shape index (κ3) is 2.55. The van der Waals surface area contributed by atoms with Gasteiger partial charge in [0.05, 0.1) is 0 Å². The van der Waals surface area contributed by atoms with Gasteiger partial charge in [-0.3, -0.25) is 4.79 Å². The van der Waals surface area contributed by atoms with Crippen LogP contribution in [0.5, 0.6) is 0 Å². The van der Waals surface area contributed by atoms with E-state index in [1.54, 1.807) is 0 Å². The van der Waals surface area contributed by atoms with Crippen molar-refractivity contribution < 1.29 is 4.79 Å². The van der Waals surface area contributed by atoms with Gasteiger partial charge in [-0.25, -0.2) is 0 Å². The lowest BCUT2D eigenvalue weighted by Gasteiger charge is -2.04. The smallest absolute Gasteiger partial charge is 0.169 e. The minimum Gasteiger partial charge on any atom is -0.294 e. The molecule has 13 heavy (non-hydrogen) atoms. The zero-order chi connectivity index (χ0) is 9.68. The Hall–Kier alpha value is -1.37. The highest BCUT2D eigenvalue weighted by molar-refractivity contribution is 5.98. The average molecular weight is 174 g/mol. The standard InChI is InChI=1S/C12H14O/c1-3-7-10(2)12(13)11-8-5-4-6-9-11/h3-10H,1-2H3/b7-3-. The highest BCUT2D eigenvalue weighted by atomic mass is 16.1. The summed E-state index contributed by atoms with van der Waals surface area (Å²) < 4.78 is 0. The van der Waals surface area contributed by atoms with Crippen molar-refractivity contribution in [1.82, 2.24) is 0 Å². The summed E-state index contributed by atoms with van der Waals surface area (Å²) in [6.07, 6.45) is 3.82. The van der Waals surface area contributed by atoms with Crippen molar-refractivity contribution in [2.75, 3.05) is 0 Å². The molecule has 0 radical (unpaired) electrons. The predicted octanol–water partition coefficient (Wildman–Crippen LogP) is 3.08. The lowest BCUT2D eigenvalue weighted by Crippen LogP contribution is -2.08. The first kappa shape index (κ1) is 9.72. The van der Waals surface area contributed by atoms with E-state index in [1.807, 2.05) is 56.3 Å². The van der Waals surface area contributed by atoms with Gasteiger partial charge in [0.2, 0.25) is 0 Å². The molecule has 68 valence electrons. The first-order chi connectivity index (χ1) is 6.25. The van der Waals surface area contributed by atoms with Gasteiger partial charge < -0.3 is 0 Å². The number of rotatable bonds is 3. The fourth-order valence-corrected chi connectivity index (χ4v) is 1.24. The Labute approximate surface area is 79.1 Å². The van der Waals surface area contributed by atoms with Crippen LogP contribution in [0.15, 0.2) is 42.5 Å². The third-order valence-corrected chi connectivity index (χ3v) is 1.95. The molecule has 1 nitrogen and oxygen atoms in total. The van der Waals surface area contributed by atoms with E-state index >= 15 is 0 Å². The monoisotopic (exact) mass is 174 g/mol. The van der Waals surface area contributed by atoms with Crippen molar-refractivity contribution in [1.29, 1.82) is 0 Å². The number of hydrogen-bond donors (Lipinski definition) is 0. The molecule has 0 fully saturated rings.